The van der Waals surface area contributed by atoms with Crippen molar-refractivity contribution in [2.45, 2.75) is 51.5 Å². The van der Waals surface area contributed by atoms with Crippen molar-refractivity contribution < 1.29 is 38.6 Å². The van der Waals surface area contributed by atoms with E-state index in [1.165, 1.54) is 0 Å². The van der Waals surface area contributed by atoms with E-state index >= 15 is 0 Å². The first-order valence-corrected chi connectivity index (χ1v) is 16.0. The highest BCUT2D eigenvalue weighted by molar-refractivity contribution is 5.62. The molecule has 14 heteroatoms. The Bertz CT molecular complexity index is 1690. The highest BCUT2D eigenvalue weighted by atomic mass is 16.6. The first kappa shape index (κ1) is 36.2. The summed E-state index contributed by atoms with van der Waals surface area (Å²) in [5.74, 6) is -0.0810. The van der Waals surface area contributed by atoms with Crippen LogP contribution in [0.15, 0.2) is 101 Å². The second kappa shape index (κ2) is 17.5. The minimum absolute atomic E-state index is 0.0584. The van der Waals surface area contributed by atoms with Crippen molar-refractivity contribution in [2.75, 3.05) is 26.4 Å². The molecule has 0 aliphatic carbocycles. The van der Waals surface area contributed by atoms with Crippen LogP contribution in [-0.4, -0.2) is 53.6 Å². The number of benzene rings is 4. The van der Waals surface area contributed by atoms with Crippen molar-refractivity contribution in [1.29, 1.82) is 0 Å². The molecule has 4 atom stereocenters. The van der Waals surface area contributed by atoms with E-state index < -0.39 is 33.4 Å². The fourth-order valence-corrected chi connectivity index (χ4v) is 5.34. The molecule has 1 N–H and O–H groups in total. The number of ether oxygens (including phenoxy) is 5. The molecule has 0 spiro atoms. The van der Waals surface area contributed by atoms with Gasteiger partial charge in [-0.3, -0.25) is 20.2 Å². The van der Waals surface area contributed by atoms with Crippen LogP contribution in [0.2, 0.25) is 0 Å². The van der Waals surface area contributed by atoms with Gasteiger partial charge in [-0.15, -0.1) is 5.11 Å². The number of azo groups is 1. The van der Waals surface area contributed by atoms with Gasteiger partial charge in [0.15, 0.2) is 5.69 Å². The van der Waals surface area contributed by atoms with E-state index in [0.29, 0.717) is 24.3 Å². The minimum Gasteiger partial charge on any atom is -0.507 e. The number of aromatic hydroxyl groups is 1. The lowest BCUT2D eigenvalue weighted by molar-refractivity contribution is -0.393. The average Bonchev–Trinajstić information content (AvgIpc) is 3.11. The van der Waals surface area contributed by atoms with Gasteiger partial charge in [-0.2, -0.15) is 5.11 Å². The number of fused-ring (bicyclic) bond motifs is 2. The van der Waals surface area contributed by atoms with Crippen LogP contribution >= 0.6 is 0 Å². The summed E-state index contributed by atoms with van der Waals surface area (Å²) in [6.45, 7) is 4.78. The molecule has 2 bridgehead atoms. The van der Waals surface area contributed by atoms with Crippen LogP contribution in [0.3, 0.4) is 0 Å². The maximum absolute atomic E-state index is 11.7. The lowest BCUT2D eigenvalue weighted by Gasteiger charge is -2.24. The zero-order chi connectivity index (χ0) is 35.5. The minimum atomic E-state index is -0.763. The van der Waals surface area contributed by atoms with Crippen LogP contribution in [0.5, 0.6) is 5.75 Å². The Hall–Kier alpha value is -5.12. The Morgan fingerprint density at radius 2 is 1.20 bits per heavy atom. The number of hydrogen-bond acceptors (Lipinski definition) is 12. The molecule has 0 saturated carbocycles. The monoisotopic (exact) mass is 686 g/mol. The summed E-state index contributed by atoms with van der Waals surface area (Å²) in [7, 11) is 0. The van der Waals surface area contributed by atoms with Crippen LogP contribution < -0.4 is 0 Å². The van der Waals surface area contributed by atoms with E-state index in [9.17, 15) is 25.3 Å². The third kappa shape index (κ3) is 9.96. The Morgan fingerprint density at radius 3 is 1.68 bits per heavy atom. The fraction of sp³-hybridized carbons (Fsp3) is 0.333. The maximum Gasteiger partial charge on any atom is 0.303 e. The lowest BCUT2D eigenvalue weighted by atomic mass is 10.1. The molecule has 0 radical (unpaired) electrons. The van der Waals surface area contributed by atoms with Gasteiger partial charge in [0.25, 0.3) is 5.69 Å². The predicted molar refractivity (Wildman–Crippen MR) is 182 cm³/mol. The smallest absolute Gasteiger partial charge is 0.303 e. The van der Waals surface area contributed by atoms with E-state index in [0.717, 1.165) is 29.3 Å². The Labute approximate surface area is 288 Å². The zero-order valence-corrected chi connectivity index (χ0v) is 27.6. The number of hydrogen-bond donors (Lipinski definition) is 1. The first-order valence-electron chi connectivity index (χ1n) is 16.0. The summed E-state index contributed by atoms with van der Waals surface area (Å²) in [5.41, 5.74) is 1.49. The molecular formula is C36H38N4O10. The normalized spacial score (nSPS) is 21.2. The number of nitro benzene ring substituents is 2. The van der Waals surface area contributed by atoms with E-state index in [-0.39, 0.29) is 55.8 Å². The molecule has 0 aromatic heterocycles. The third-order valence-electron chi connectivity index (χ3n) is 7.82. The first-order chi connectivity index (χ1) is 24.2. The second-order valence-electron chi connectivity index (χ2n) is 11.8. The van der Waals surface area contributed by atoms with Gasteiger partial charge in [0, 0.05) is 17.2 Å². The molecule has 4 aromatic carbocycles. The van der Waals surface area contributed by atoms with Gasteiger partial charge >= 0.3 is 5.69 Å². The predicted octanol–water partition coefficient (Wildman–Crippen LogP) is 7.98. The number of nitro groups is 2. The van der Waals surface area contributed by atoms with Crippen molar-refractivity contribution in [2.24, 2.45) is 10.2 Å². The molecule has 14 nitrogen and oxygen atoms in total. The van der Waals surface area contributed by atoms with Gasteiger partial charge in [0.2, 0.25) is 0 Å². The summed E-state index contributed by atoms with van der Waals surface area (Å²) < 4.78 is 30.8. The number of rotatable bonds is 6. The molecule has 0 unspecified atom stereocenters. The molecule has 4 aromatic rings. The second-order valence-corrected chi connectivity index (χ2v) is 11.8. The Morgan fingerprint density at radius 1 is 0.680 bits per heavy atom. The lowest BCUT2D eigenvalue weighted by Crippen LogP contribution is -2.27. The summed E-state index contributed by atoms with van der Waals surface area (Å²) in [4.78, 5) is 21.4. The quantitative estimate of drug-likeness (QED) is 0.119. The Kier molecular flexibility index (Phi) is 12.7. The number of phenolic OH excluding ortho intramolecular Hbond substituents is 1. The van der Waals surface area contributed by atoms with Gasteiger partial charge < -0.3 is 28.8 Å². The number of phenols is 1. The fourth-order valence-electron chi connectivity index (χ4n) is 5.34. The molecule has 1 aliphatic rings. The molecule has 0 saturated heterocycles. The van der Waals surface area contributed by atoms with Gasteiger partial charge in [0.1, 0.15) is 18.0 Å². The standard InChI is InChI=1S/C36H38N4O10/c1-24-18-46-22-34(26-9-5-3-6-10-26)48-20-28-15-30(37-38-32-14-13-31(39(42)43)17-33(32)40(44)45)16-29(36(28)41)21-49-35(23-47-19-25(2)50-24)27-11-7-4-8-12-27/h3-17,24-25,34-35,41H,18-23H2,1-2H3/t24-,25-,34+,35+/m0/s1. The van der Waals surface area contributed by atoms with Gasteiger partial charge in [0.05, 0.1) is 73.4 Å². The highest BCUT2D eigenvalue weighted by Gasteiger charge is 2.22. The topological polar surface area (TPSA) is 177 Å². The number of nitrogens with zero attached hydrogens (tertiary/aromatic N) is 4. The largest absolute Gasteiger partial charge is 0.507 e. The van der Waals surface area contributed by atoms with Crippen LogP contribution in [0.4, 0.5) is 22.7 Å². The van der Waals surface area contributed by atoms with Crippen LogP contribution in [0.25, 0.3) is 0 Å². The van der Waals surface area contributed by atoms with Crippen LogP contribution in [0.1, 0.15) is 48.3 Å². The molecule has 1 heterocycles. The van der Waals surface area contributed by atoms with E-state index in [4.69, 9.17) is 23.7 Å². The van der Waals surface area contributed by atoms with Gasteiger partial charge in [-0.1, -0.05) is 60.7 Å². The summed E-state index contributed by atoms with van der Waals surface area (Å²) in [6, 6.07) is 25.3. The third-order valence-corrected chi connectivity index (χ3v) is 7.82. The molecule has 1 aliphatic heterocycles. The molecule has 0 amide bonds. The highest BCUT2D eigenvalue weighted by Crippen LogP contribution is 2.36. The molecule has 50 heavy (non-hydrogen) atoms. The van der Waals surface area contributed by atoms with Crippen molar-refractivity contribution in [3.8, 4) is 5.75 Å². The zero-order valence-electron chi connectivity index (χ0n) is 27.6. The van der Waals surface area contributed by atoms with Crippen LogP contribution in [-0.2, 0) is 36.9 Å². The average molecular weight is 687 g/mol. The van der Waals surface area contributed by atoms with Gasteiger partial charge in [-0.25, -0.2) is 0 Å². The molecule has 5 rings (SSSR count). The molecule has 262 valence electrons. The molecule has 0 fully saturated rings. The molecular weight excluding hydrogens is 648 g/mol. The summed E-state index contributed by atoms with van der Waals surface area (Å²) >= 11 is 0. The Balaban J connectivity index is 1.51. The van der Waals surface area contributed by atoms with Crippen molar-refractivity contribution in [3.05, 3.63) is 133 Å². The maximum atomic E-state index is 11.7. The van der Waals surface area contributed by atoms with Crippen molar-refractivity contribution >= 4 is 22.7 Å². The summed E-state index contributed by atoms with van der Waals surface area (Å²) in [5, 5.41) is 42.6. The SMILES string of the molecule is C[C@H]1COC[C@H](c2ccccc2)OCc2cc(N=Nc3ccc([N+](=O)[O-])cc3[N+](=O)[O-])cc(c2O)CO[C@@H](c2ccccc2)COC[C@H](C)O1. The van der Waals surface area contributed by atoms with Crippen molar-refractivity contribution in [1.82, 2.24) is 0 Å². The van der Waals surface area contributed by atoms with E-state index in [1.807, 2.05) is 74.5 Å². The van der Waals surface area contributed by atoms with Gasteiger partial charge in [-0.05, 0) is 43.2 Å². The van der Waals surface area contributed by atoms with E-state index in [1.54, 1.807) is 12.1 Å². The summed E-state index contributed by atoms with van der Waals surface area (Å²) in [6.07, 6.45) is -1.44. The van der Waals surface area contributed by atoms with E-state index in [2.05, 4.69) is 10.2 Å². The number of non-ortho nitro benzene ring substituents is 1. The van der Waals surface area contributed by atoms with Crippen molar-refractivity contribution in [3.63, 3.8) is 0 Å². The van der Waals surface area contributed by atoms with Crippen LogP contribution in [0, 0.1) is 20.2 Å².